The first-order valence-electron chi connectivity index (χ1n) is 9.27. The molecule has 4 rings (SSSR count). The summed E-state index contributed by atoms with van der Waals surface area (Å²) in [6.45, 7) is 0.515. The van der Waals surface area contributed by atoms with Gasteiger partial charge in [0.15, 0.2) is 18.2 Å². The van der Waals surface area contributed by atoms with Crippen molar-refractivity contribution in [2.45, 2.75) is 13.3 Å². The van der Waals surface area contributed by atoms with Gasteiger partial charge in [-0.2, -0.15) is 10.2 Å². The minimum Gasteiger partial charge on any atom is -0.471 e. The van der Waals surface area contributed by atoms with E-state index in [9.17, 15) is 9.18 Å². The second-order valence-electron chi connectivity index (χ2n) is 6.69. The molecule has 0 bridgehead atoms. The largest absolute Gasteiger partial charge is 0.471 e. The second kappa shape index (κ2) is 9.72. The number of nitrogens with one attached hydrogen (secondary N) is 1. The maximum Gasteiger partial charge on any atom is 0.277 e. The molecular formula is C21H15BrCl2FN5O2. The summed E-state index contributed by atoms with van der Waals surface area (Å²) < 4.78 is 22.2. The van der Waals surface area contributed by atoms with Gasteiger partial charge in [0.1, 0.15) is 11.6 Å². The summed E-state index contributed by atoms with van der Waals surface area (Å²) in [4.78, 5) is 12.6. The highest BCUT2D eigenvalue weighted by Gasteiger charge is 2.15. The molecule has 7 nitrogen and oxygen atoms in total. The molecule has 4 aromatic rings. The summed E-state index contributed by atoms with van der Waals surface area (Å²) in [6, 6.07) is 12.5. The molecule has 0 unspecified atom stereocenters. The van der Waals surface area contributed by atoms with Crippen molar-refractivity contribution in [2.75, 3.05) is 5.32 Å². The van der Waals surface area contributed by atoms with Crippen molar-refractivity contribution in [3.63, 3.8) is 0 Å². The van der Waals surface area contributed by atoms with Gasteiger partial charge in [-0.1, -0.05) is 29.3 Å². The Kier molecular flexibility index (Phi) is 6.78. The number of benzene rings is 2. The van der Waals surface area contributed by atoms with Gasteiger partial charge in [-0.05, 0) is 64.0 Å². The topological polar surface area (TPSA) is 74.0 Å². The first-order chi connectivity index (χ1) is 15.4. The van der Waals surface area contributed by atoms with E-state index in [1.54, 1.807) is 35.3 Å². The molecule has 0 aliphatic carbocycles. The maximum atomic E-state index is 13.0. The molecular weight excluding hydrogens is 524 g/mol. The molecule has 0 aliphatic heterocycles. The van der Waals surface area contributed by atoms with Crippen LogP contribution in [-0.4, -0.2) is 25.5 Å². The summed E-state index contributed by atoms with van der Waals surface area (Å²) in [5.41, 5.74) is 1.10. The fourth-order valence-corrected chi connectivity index (χ4v) is 3.52. The molecule has 0 fully saturated rings. The van der Waals surface area contributed by atoms with Gasteiger partial charge in [0.2, 0.25) is 0 Å². The van der Waals surface area contributed by atoms with Crippen LogP contribution in [0.5, 0.6) is 5.75 Å². The number of hydrogen-bond acceptors (Lipinski definition) is 4. The third-order valence-corrected chi connectivity index (χ3v) is 5.65. The predicted molar refractivity (Wildman–Crippen MR) is 123 cm³/mol. The lowest BCUT2D eigenvalue weighted by Gasteiger charge is -2.06. The Morgan fingerprint density at radius 3 is 2.59 bits per heavy atom. The molecule has 11 heteroatoms. The van der Waals surface area contributed by atoms with Crippen LogP contribution in [0.4, 0.5) is 10.2 Å². The lowest BCUT2D eigenvalue weighted by Crippen LogP contribution is -2.15. The van der Waals surface area contributed by atoms with E-state index in [1.807, 2.05) is 6.07 Å². The Labute approximate surface area is 200 Å². The van der Waals surface area contributed by atoms with Crippen LogP contribution in [0.15, 0.2) is 65.4 Å². The average molecular weight is 539 g/mol. The van der Waals surface area contributed by atoms with Gasteiger partial charge in [-0.15, -0.1) is 0 Å². The van der Waals surface area contributed by atoms with Crippen molar-refractivity contribution in [3.05, 3.63) is 92.5 Å². The number of nitrogens with zero attached hydrogens (tertiary/aromatic N) is 4. The summed E-state index contributed by atoms with van der Waals surface area (Å²) in [5.74, 6) is 0.0727. The standard InChI is InChI=1S/C21H15BrCl2FN5O2/c22-16-11-30(10-13-1-6-17(23)18(24)9-13)28-20(16)26-21(31)19-7-8-29(27-19)12-32-15-4-2-14(25)3-5-15/h1-9,11H,10,12H2,(H,26,28,31). The molecule has 164 valence electrons. The second-order valence-corrected chi connectivity index (χ2v) is 8.36. The molecule has 2 aromatic carbocycles. The van der Waals surface area contributed by atoms with Crippen molar-refractivity contribution in [2.24, 2.45) is 0 Å². The van der Waals surface area contributed by atoms with Crippen LogP contribution in [0.1, 0.15) is 16.1 Å². The Bertz CT molecular complexity index is 1260. The van der Waals surface area contributed by atoms with Gasteiger partial charge in [-0.25, -0.2) is 9.07 Å². The molecule has 32 heavy (non-hydrogen) atoms. The highest BCUT2D eigenvalue weighted by Crippen LogP contribution is 2.25. The molecule has 0 saturated heterocycles. The minimum absolute atomic E-state index is 0.0703. The van der Waals surface area contributed by atoms with E-state index in [0.717, 1.165) is 5.56 Å². The monoisotopic (exact) mass is 537 g/mol. The van der Waals surface area contributed by atoms with Crippen molar-refractivity contribution < 1.29 is 13.9 Å². The van der Waals surface area contributed by atoms with E-state index >= 15 is 0 Å². The zero-order valence-electron chi connectivity index (χ0n) is 16.3. The van der Waals surface area contributed by atoms with Crippen LogP contribution in [0.3, 0.4) is 0 Å². The SMILES string of the molecule is O=C(Nc1nn(Cc2ccc(Cl)c(Cl)c2)cc1Br)c1ccn(COc2ccc(F)cc2)n1. The third-order valence-electron chi connectivity index (χ3n) is 4.33. The van der Waals surface area contributed by atoms with Gasteiger partial charge < -0.3 is 10.1 Å². The lowest BCUT2D eigenvalue weighted by molar-refractivity contribution is 0.101. The quantitative estimate of drug-likeness (QED) is 0.331. The van der Waals surface area contributed by atoms with Gasteiger partial charge in [0.05, 0.1) is 21.1 Å². The van der Waals surface area contributed by atoms with Crippen LogP contribution in [0.25, 0.3) is 0 Å². The fourth-order valence-electron chi connectivity index (χ4n) is 2.79. The number of carbonyl (C=O) groups excluding carboxylic acids is 1. The van der Waals surface area contributed by atoms with Crippen molar-refractivity contribution in [1.82, 2.24) is 19.6 Å². The first-order valence-corrected chi connectivity index (χ1v) is 10.8. The van der Waals surface area contributed by atoms with Crippen LogP contribution >= 0.6 is 39.1 Å². The molecule has 0 atom stereocenters. The Morgan fingerprint density at radius 2 is 1.84 bits per heavy atom. The average Bonchev–Trinajstić information content (AvgIpc) is 3.37. The Balaban J connectivity index is 1.37. The lowest BCUT2D eigenvalue weighted by atomic mass is 10.2. The summed E-state index contributed by atoms with van der Waals surface area (Å²) in [7, 11) is 0. The zero-order chi connectivity index (χ0) is 22.7. The van der Waals surface area contributed by atoms with Crippen molar-refractivity contribution in [1.29, 1.82) is 0 Å². The van der Waals surface area contributed by atoms with E-state index < -0.39 is 5.91 Å². The van der Waals surface area contributed by atoms with E-state index in [4.69, 9.17) is 27.9 Å². The van der Waals surface area contributed by atoms with Crippen LogP contribution in [-0.2, 0) is 13.3 Å². The smallest absolute Gasteiger partial charge is 0.277 e. The first kappa shape index (κ1) is 22.3. The van der Waals surface area contributed by atoms with Crippen molar-refractivity contribution in [3.8, 4) is 5.75 Å². The molecule has 1 amide bonds. The van der Waals surface area contributed by atoms with E-state index in [-0.39, 0.29) is 18.2 Å². The summed E-state index contributed by atoms with van der Waals surface area (Å²) in [5, 5.41) is 12.2. The zero-order valence-corrected chi connectivity index (χ0v) is 19.4. The number of aromatic nitrogens is 4. The fraction of sp³-hybridized carbons (Fsp3) is 0.0952. The molecule has 1 N–H and O–H groups in total. The molecule has 0 radical (unpaired) electrons. The Morgan fingerprint density at radius 1 is 1.06 bits per heavy atom. The normalized spacial score (nSPS) is 10.9. The number of hydrogen-bond donors (Lipinski definition) is 1. The molecule has 2 heterocycles. The van der Waals surface area contributed by atoms with Gasteiger partial charge in [-0.3, -0.25) is 9.48 Å². The van der Waals surface area contributed by atoms with Crippen LogP contribution < -0.4 is 10.1 Å². The number of rotatable bonds is 7. The van der Waals surface area contributed by atoms with E-state index in [0.29, 0.717) is 32.6 Å². The maximum absolute atomic E-state index is 13.0. The summed E-state index contributed by atoms with van der Waals surface area (Å²) >= 11 is 15.4. The van der Waals surface area contributed by atoms with Crippen molar-refractivity contribution >= 4 is 50.9 Å². The molecule has 2 aromatic heterocycles. The predicted octanol–water partition coefficient (Wildman–Crippen LogP) is 5.63. The highest BCUT2D eigenvalue weighted by molar-refractivity contribution is 9.10. The van der Waals surface area contributed by atoms with E-state index in [2.05, 4.69) is 31.4 Å². The molecule has 0 aliphatic rings. The number of halogens is 4. The number of carbonyl (C=O) groups is 1. The number of ether oxygens (including phenoxy) is 1. The molecule has 0 saturated carbocycles. The minimum atomic E-state index is -0.425. The number of amides is 1. The highest BCUT2D eigenvalue weighted by atomic mass is 79.9. The van der Waals surface area contributed by atoms with Gasteiger partial charge in [0, 0.05) is 12.4 Å². The van der Waals surface area contributed by atoms with Crippen LogP contribution in [0, 0.1) is 5.82 Å². The Hall–Kier alpha value is -2.88. The summed E-state index contributed by atoms with van der Waals surface area (Å²) in [6.07, 6.45) is 3.35. The van der Waals surface area contributed by atoms with Crippen LogP contribution in [0.2, 0.25) is 10.0 Å². The van der Waals surface area contributed by atoms with E-state index in [1.165, 1.54) is 28.9 Å². The third kappa shape index (κ3) is 5.48. The molecule has 0 spiro atoms. The van der Waals surface area contributed by atoms with Gasteiger partial charge in [0.25, 0.3) is 5.91 Å². The number of anilines is 1. The van der Waals surface area contributed by atoms with Gasteiger partial charge >= 0.3 is 0 Å².